The summed E-state index contributed by atoms with van der Waals surface area (Å²) in [5.41, 5.74) is 1.05. The van der Waals surface area contributed by atoms with Crippen LogP contribution in [0.3, 0.4) is 0 Å². The molecule has 1 aliphatic rings. The highest BCUT2D eigenvalue weighted by Gasteiger charge is 2.29. The lowest BCUT2D eigenvalue weighted by Gasteiger charge is -2.33. The van der Waals surface area contributed by atoms with Crippen LogP contribution in [0.4, 0.5) is 5.13 Å². The fourth-order valence-electron chi connectivity index (χ4n) is 2.47. The lowest BCUT2D eigenvalue weighted by atomic mass is 10.2. The number of likely N-dealkylation sites (N-methyl/N-ethyl adjacent to an activating group) is 1. The van der Waals surface area contributed by atoms with E-state index in [9.17, 15) is 4.79 Å². The van der Waals surface area contributed by atoms with Crippen LogP contribution < -0.4 is 4.90 Å². The zero-order chi connectivity index (χ0) is 15.7. The van der Waals surface area contributed by atoms with Crippen LogP contribution >= 0.6 is 23.1 Å². The van der Waals surface area contributed by atoms with Gasteiger partial charge in [0.2, 0.25) is 0 Å². The maximum Gasteiger partial charge on any atom is 0.253 e. The molecule has 0 radical (unpaired) electrons. The van der Waals surface area contributed by atoms with Crippen molar-refractivity contribution in [3.05, 3.63) is 18.2 Å². The molecular formula is C15H19N3O2S2. The Bertz CT molecular complexity index is 686. The first-order chi connectivity index (χ1) is 10.6. The van der Waals surface area contributed by atoms with Crippen LogP contribution in [-0.2, 0) is 9.53 Å². The van der Waals surface area contributed by atoms with Gasteiger partial charge in [0.25, 0.3) is 5.91 Å². The van der Waals surface area contributed by atoms with Crippen LogP contribution in [0.5, 0.6) is 0 Å². The molecule has 0 N–H and O–H groups in total. The van der Waals surface area contributed by atoms with Crippen LogP contribution in [0.2, 0.25) is 0 Å². The van der Waals surface area contributed by atoms with Crippen LogP contribution in [0.15, 0.2) is 23.1 Å². The second-order valence-corrected chi connectivity index (χ2v) is 7.20. The quantitative estimate of drug-likeness (QED) is 0.804. The van der Waals surface area contributed by atoms with Crippen LogP contribution in [0.1, 0.15) is 0 Å². The van der Waals surface area contributed by atoms with E-state index in [1.807, 2.05) is 0 Å². The van der Waals surface area contributed by atoms with E-state index in [-0.39, 0.29) is 5.91 Å². The number of hydrogen-bond donors (Lipinski definition) is 0. The number of benzene rings is 1. The van der Waals surface area contributed by atoms with E-state index in [1.165, 1.54) is 9.60 Å². The fraction of sp³-hybridized carbons (Fsp3) is 0.467. The van der Waals surface area contributed by atoms with E-state index < -0.39 is 6.10 Å². The Hall–Kier alpha value is -1.31. The Morgan fingerprint density at radius 1 is 1.50 bits per heavy atom. The summed E-state index contributed by atoms with van der Waals surface area (Å²) in [5, 5.41) is 0.969. The minimum Gasteiger partial charge on any atom is -0.365 e. The number of morpholine rings is 1. The Kier molecular flexibility index (Phi) is 4.56. The molecule has 1 amide bonds. The number of anilines is 1. The average molecular weight is 337 g/mol. The maximum atomic E-state index is 12.1. The number of fused-ring (bicyclic) bond motifs is 1. The highest BCUT2D eigenvalue weighted by Crippen LogP contribution is 2.34. The number of nitrogens with zero attached hydrogens (tertiary/aromatic N) is 3. The predicted molar refractivity (Wildman–Crippen MR) is 92.0 cm³/mol. The van der Waals surface area contributed by atoms with Gasteiger partial charge in [-0.05, 0) is 18.4 Å². The minimum atomic E-state index is -0.407. The van der Waals surface area contributed by atoms with Gasteiger partial charge >= 0.3 is 0 Å². The van der Waals surface area contributed by atoms with Crippen molar-refractivity contribution in [2.75, 3.05) is 44.9 Å². The molecule has 0 saturated carbocycles. The Morgan fingerprint density at radius 3 is 3.05 bits per heavy atom. The van der Waals surface area contributed by atoms with Crippen molar-refractivity contribution in [1.29, 1.82) is 0 Å². The Morgan fingerprint density at radius 2 is 2.32 bits per heavy atom. The molecule has 1 unspecified atom stereocenters. The molecule has 0 spiro atoms. The first kappa shape index (κ1) is 15.6. The zero-order valence-corrected chi connectivity index (χ0v) is 14.5. The number of aromatic nitrogens is 1. The van der Waals surface area contributed by atoms with Gasteiger partial charge in [-0.15, -0.1) is 11.8 Å². The minimum absolute atomic E-state index is 0.00983. The van der Waals surface area contributed by atoms with Gasteiger partial charge in [0, 0.05) is 25.5 Å². The standard InChI is InChI=1S/C15H19N3O2S2/c1-17(2)14(19)10-9-18(7-8-20-10)15-16-13-11(21-3)5-4-6-12(13)22-15/h4-6,10H,7-9H2,1-3H3. The molecule has 2 aromatic rings. The molecule has 0 bridgehead atoms. The molecule has 0 aliphatic carbocycles. The number of ether oxygens (including phenoxy) is 1. The summed E-state index contributed by atoms with van der Waals surface area (Å²) in [6.45, 7) is 1.88. The normalized spacial score (nSPS) is 18.7. The fourth-order valence-corrected chi connectivity index (χ4v) is 4.13. The second-order valence-electron chi connectivity index (χ2n) is 5.34. The second kappa shape index (κ2) is 6.44. The molecule has 1 atom stereocenters. The van der Waals surface area contributed by atoms with E-state index in [0.29, 0.717) is 13.2 Å². The smallest absolute Gasteiger partial charge is 0.253 e. The van der Waals surface area contributed by atoms with Gasteiger partial charge < -0.3 is 14.5 Å². The topological polar surface area (TPSA) is 45.7 Å². The third-order valence-electron chi connectivity index (χ3n) is 3.64. The van der Waals surface area contributed by atoms with E-state index in [1.54, 1.807) is 42.1 Å². The Labute approximate surface area is 138 Å². The predicted octanol–water partition coefficient (Wildman–Crippen LogP) is 2.31. The van der Waals surface area contributed by atoms with Gasteiger partial charge in [-0.2, -0.15) is 0 Å². The van der Waals surface area contributed by atoms with Gasteiger partial charge in [-0.25, -0.2) is 4.98 Å². The number of carbonyl (C=O) groups excluding carboxylic acids is 1. The van der Waals surface area contributed by atoms with Crippen molar-refractivity contribution >= 4 is 44.4 Å². The van der Waals surface area contributed by atoms with Crippen molar-refractivity contribution in [3.63, 3.8) is 0 Å². The number of rotatable bonds is 3. The number of amides is 1. The summed E-state index contributed by atoms with van der Waals surface area (Å²) in [4.78, 5) is 21.8. The summed E-state index contributed by atoms with van der Waals surface area (Å²) in [6.07, 6.45) is 1.66. The summed E-state index contributed by atoms with van der Waals surface area (Å²) in [6, 6.07) is 6.25. The number of thioether (sulfide) groups is 1. The molecule has 1 saturated heterocycles. The molecular weight excluding hydrogens is 318 g/mol. The number of hydrogen-bond acceptors (Lipinski definition) is 6. The molecule has 1 aromatic heterocycles. The molecule has 5 nitrogen and oxygen atoms in total. The molecule has 2 heterocycles. The zero-order valence-electron chi connectivity index (χ0n) is 12.9. The van der Waals surface area contributed by atoms with Crippen molar-refractivity contribution in [3.8, 4) is 0 Å². The van der Waals surface area contributed by atoms with E-state index in [0.717, 1.165) is 17.2 Å². The van der Waals surface area contributed by atoms with Crippen molar-refractivity contribution in [2.24, 2.45) is 0 Å². The summed E-state index contributed by atoms with van der Waals surface area (Å²) in [5.74, 6) is 0.00983. The first-order valence-electron chi connectivity index (χ1n) is 7.11. The average Bonchev–Trinajstić information content (AvgIpc) is 2.98. The molecule has 7 heteroatoms. The molecule has 118 valence electrons. The molecule has 22 heavy (non-hydrogen) atoms. The third-order valence-corrected chi connectivity index (χ3v) is 5.49. The van der Waals surface area contributed by atoms with Crippen LogP contribution in [0.25, 0.3) is 10.2 Å². The first-order valence-corrected chi connectivity index (χ1v) is 9.15. The van der Waals surface area contributed by atoms with Crippen LogP contribution in [0, 0.1) is 0 Å². The lowest BCUT2D eigenvalue weighted by molar-refractivity contribution is -0.141. The monoisotopic (exact) mass is 337 g/mol. The maximum absolute atomic E-state index is 12.1. The molecule has 1 aliphatic heterocycles. The number of carbonyl (C=O) groups is 1. The SMILES string of the molecule is CSc1cccc2sc(N3CCOC(C(=O)N(C)C)C3)nc12. The van der Waals surface area contributed by atoms with Crippen LogP contribution in [-0.4, -0.2) is 61.9 Å². The van der Waals surface area contributed by atoms with E-state index in [4.69, 9.17) is 9.72 Å². The van der Waals surface area contributed by atoms with E-state index in [2.05, 4.69) is 29.4 Å². The van der Waals surface area contributed by atoms with Gasteiger partial charge in [-0.1, -0.05) is 17.4 Å². The summed E-state index contributed by atoms with van der Waals surface area (Å²) < 4.78 is 6.80. The summed E-state index contributed by atoms with van der Waals surface area (Å²) in [7, 11) is 3.51. The van der Waals surface area contributed by atoms with E-state index >= 15 is 0 Å². The molecule has 1 aromatic carbocycles. The highest BCUT2D eigenvalue weighted by molar-refractivity contribution is 7.98. The highest BCUT2D eigenvalue weighted by atomic mass is 32.2. The number of thiazole rings is 1. The van der Waals surface area contributed by atoms with Gasteiger partial charge in [-0.3, -0.25) is 4.79 Å². The molecule has 1 fully saturated rings. The summed E-state index contributed by atoms with van der Waals surface area (Å²) >= 11 is 3.38. The lowest BCUT2D eigenvalue weighted by Crippen LogP contribution is -2.49. The largest absolute Gasteiger partial charge is 0.365 e. The van der Waals surface area contributed by atoms with Crippen molar-refractivity contribution in [2.45, 2.75) is 11.0 Å². The van der Waals surface area contributed by atoms with Gasteiger partial charge in [0.05, 0.1) is 23.4 Å². The van der Waals surface area contributed by atoms with Crippen molar-refractivity contribution < 1.29 is 9.53 Å². The van der Waals surface area contributed by atoms with Gasteiger partial charge in [0.15, 0.2) is 11.2 Å². The molecule has 3 rings (SSSR count). The van der Waals surface area contributed by atoms with Crippen molar-refractivity contribution in [1.82, 2.24) is 9.88 Å². The van der Waals surface area contributed by atoms with Gasteiger partial charge in [0.1, 0.15) is 0 Å². The third kappa shape index (κ3) is 2.93. The Balaban J connectivity index is 1.86. The number of para-hydroxylation sites is 1.